The van der Waals surface area contributed by atoms with Crippen LogP contribution < -0.4 is 5.32 Å². The number of ether oxygens (including phenoxy) is 1. The summed E-state index contributed by atoms with van der Waals surface area (Å²) in [7, 11) is 1.81. The number of carbonyl (C=O) groups excluding carboxylic acids is 1. The number of anilines is 1. The number of pyridine rings is 1. The van der Waals surface area contributed by atoms with E-state index in [1.807, 2.05) is 4.90 Å². The summed E-state index contributed by atoms with van der Waals surface area (Å²) in [6.07, 6.45) is 4.41. The van der Waals surface area contributed by atoms with Gasteiger partial charge in [-0.25, -0.2) is 4.98 Å². The number of nitrogens with one attached hydrogen (secondary N) is 1. The minimum absolute atomic E-state index is 0.0932. The van der Waals surface area contributed by atoms with E-state index in [2.05, 4.69) is 15.2 Å². The quantitative estimate of drug-likeness (QED) is 0.901. The summed E-state index contributed by atoms with van der Waals surface area (Å²) < 4.78 is 5.69. The number of carbonyl (C=O) groups is 1. The fourth-order valence-corrected chi connectivity index (χ4v) is 3.09. The molecule has 1 aromatic rings. The van der Waals surface area contributed by atoms with E-state index in [4.69, 9.17) is 4.74 Å². The molecule has 1 amide bonds. The van der Waals surface area contributed by atoms with Gasteiger partial charge in [0.15, 0.2) is 0 Å². The molecule has 0 radical (unpaired) electrons. The predicted molar refractivity (Wildman–Crippen MR) is 85.1 cm³/mol. The molecule has 1 N–H and O–H groups in total. The maximum Gasteiger partial charge on any atom is 0.254 e. The van der Waals surface area contributed by atoms with Crippen LogP contribution in [0.15, 0.2) is 18.3 Å². The summed E-state index contributed by atoms with van der Waals surface area (Å²) in [4.78, 5) is 21.0. The van der Waals surface area contributed by atoms with Gasteiger partial charge in [0.2, 0.25) is 0 Å². The minimum atomic E-state index is 0.0932. The molecular formula is C16H24N4O2. The smallest absolute Gasteiger partial charge is 0.254 e. The second-order valence-electron chi connectivity index (χ2n) is 5.91. The molecule has 22 heavy (non-hydrogen) atoms. The molecule has 2 aliphatic rings. The first kappa shape index (κ1) is 15.2. The molecule has 0 unspecified atom stereocenters. The van der Waals surface area contributed by atoms with Crippen molar-refractivity contribution in [1.82, 2.24) is 14.8 Å². The molecular weight excluding hydrogens is 280 g/mol. The van der Waals surface area contributed by atoms with Crippen LogP contribution in [0.2, 0.25) is 0 Å². The highest BCUT2D eigenvalue weighted by Crippen LogP contribution is 2.16. The lowest BCUT2D eigenvalue weighted by atomic mass is 10.2. The topological polar surface area (TPSA) is 57.7 Å². The normalized spacial score (nSPS) is 22.8. The zero-order valence-electron chi connectivity index (χ0n) is 13.1. The first-order chi connectivity index (χ1) is 10.8. The molecule has 0 bridgehead atoms. The third-order valence-corrected chi connectivity index (χ3v) is 4.41. The van der Waals surface area contributed by atoms with Crippen LogP contribution in [0.4, 0.5) is 5.82 Å². The van der Waals surface area contributed by atoms with E-state index in [1.54, 1.807) is 25.4 Å². The van der Waals surface area contributed by atoms with E-state index in [0.29, 0.717) is 11.7 Å². The van der Waals surface area contributed by atoms with Crippen LogP contribution in [0.25, 0.3) is 0 Å². The molecule has 2 aliphatic heterocycles. The molecule has 1 atom stereocenters. The molecule has 1 aromatic heterocycles. The molecule has 2 fully saturated rings. The van der Waals surface area contributed by atoms with Crippen molar-refractivity contribution in [2.75, 3.05) is 51.7 Å². The SMILES string of the molecule is CNc1cc(C(=O)N2CCN(C[C@@H]3CCCO3)CC2)ccn1. The van der Waals surface area contributed by atoms with E-state index >= 15 is 0 Å². The second kappa shape index (κ2) is 7.07. The Balaban J connectivity index is 1.52. The van der Waals surface area contributed by atoms with E-state index in [9.17, 15) is 4.79 Å². The third-order valence-electron chi connectivity index (χ3n) is 4.41. The van der Waals surface area contributed by atoms with Gasteiger partial charge < -0.3 is 15.0 Å². The predicted octanol–water partition coefficient (Wildman–Crippen LogP) is 1.06. The number of nitrogens with zero attached hydrogens (tertiary/aromatic N) is 3. The van der Waals surface area contributed by atoms with Crippen molar-refractivity contribution in [3.05, 3.63) is 23.9 Å². The molecule has 3 heterocycles. The van der Waals surface area contributed by atoms with Crippen molar-refractivity contribution in [2.24, 2.45) is 0 Å². The van der Waals surface area contributed by atoms with Crippen molar-refractivity contribution >= 4 is 11.7 Å². The Bertz CT molecular complexity index is 509. The Morgan fingerprint density at radius 2 is 2.23 bits per heavy atom. The summed E-state index contributed by atoms with van der Waals surface area (Å²) in [5.41, 5.74) is 0.701. The lowest BCUT2D eigenvalue weighted by molar-refractivity contribution is 0.0432. The Morgan fingerprint density at radius 3 is 2.91 bits per heavy atom. The number of piperazine rings is 1. The number of aromatic nitrogens is 1. The number of rotatable bonds is 4. The van der Waals surface area contributed by atoms with Crippen LogP contribution in [0.5, 0.6) is 0 Å². The lowest BCUT2D eigenvalue weighted by Gasteiger charge is -2.35. The zero-order chi connectivity index (χ0) is 15.4. The summed E-state index contributed by atoms with van der Waals surface area (Å²) in [5, 5.41) is 2.97. The molecule has 0 aliphatic carbocycles. The van der Waals surface area contributed by atoms with Gasteiger partial charge in [0, 0.05) is 58.1 Å². The molecule has 2 saturated heterocycles. The van der Waals surface area contributed by atoms with Gasteiger partial charge in [-0.15, -0.1) is 0 Å². The van der Waals surface area contributed by atoms with Crippen molar-refractivity contribution in [3.8, 4) is 0 Å². The van der Waals surface area contributed by atoms with Gasteiger partial charge in [0.1, 0.15) is 5.82 Å². The number of amides is 1. The van der Waals surface area contributed by atoms with Crippen molar-refractivity contribution in [3.63, 3.8) is 0 Å². The summed E-state index contributed by atoms with van der Waals surface area (Å²) in [5.74, 6) is 0.818. The van der Waals surface area contributed by atoms with Crippen LogP contribution in [0.3, 0.4) is 0 Å². The second-order valence-corrected chi connectivity index (χ2v) is 5.91. The van der Waals surface area contributed by atoms with Crippen LogP contribution in [0.1, 0.15) is 23.2 Å². The molecule has 120 valence electrons. The summed E-state index contributed by atoms with van der Waals surface area (Å²) in [6.45, 7) is 5.32. The first-order valence-corrected chi connectivity index (χ1v) is 8.03. The standard InChI is InChI=1S/C16H24N4O2/c1-17-15-11-13(4-5-18-15)16(21)20-8-6-19(7-9-20)12-14-3-2-10-22-14/h4-5,11,14H,2-3,6-10,12H2,1H3,(H,17,18)/t14-/m0/s1. The summed E-state index contributed by atoms with van der Waals surface area (Å²) >= 11 is 0. The van der Waals surface area contributed by atoms with Crippen LogP contribution >= 0.6 is 0 Å². The number of hydrogen-bond acceptors (Lipinski definition) is 5. The van der Waals surface area contributed by atoms with Gasteiger partial charge in [-0.1, -0.05) is 0 Å². The fraction of sp³-hybridized carbons (Fsp3) is 0.625. The van der Waals surface area contributed by atoms with Crippen molar-refractivity contribution in [2.45, 2.75) is 18.9 Å². The van der Waals surface area contributed by atoms with Crippen LogP contribution in [-0.2, 0) is 4.74 Å². The number of hydrogen-bond donors (Lipinski definition) is 1. The minimum Gasteiger partial charge on any atom is -0.377 e. The van der Waals surface area contributed by atoms with E-state index in [-0.39, 0.29) is 5.91 Å². The average molecular weight is 304 g/mol. The maximum absolute atomic E-state index is 12.5. The van der Waals surface area contributed by atoms with Crippen LogP contribution in [-0.4, -0.2) is 73.2 Å². The molecule has 0 saturated carbocycles. The Kier molecular flexibility index (Phi) is 4.90. The first-order valence-electron chi connectivity index (χ1n) is 8.03. The summed E-state index contributed by atoms with van der Waals surface area (Å²) in [6, 6.07) is 3.59. The molecule has 3 rings (SSSR count). The van der Waals surface area contributed by atoms with Crippen LogP contribution in [0, 0.1) is 0 Å². The maximum atomic E-state index is 12.5. The van der Waals surface area contributed by atoms with Gasteiger partial charge >= 0.3 is 0 Å². The third kappa shape index (κ3) is 3.56. The van der Waals surface area contributed by atoms with Gasteiger partial charge in [-0.2, -0.15) is 0 Å². The highest BCUT2D eigenvalue weighted by atomic mass is 16.5. The Hall–Kier alpha value is -1.66. The monoisotopic (exact) mass is 304 g/mol. The van der Waals surface area contributed by atoms with E-state index in [1.165, 1.54) is 12.8 Å². The largest absolute Gasteiger partial charge is 0.377 e. The lowest BCUT2D eigenvalue weighted by Crippen LogP contribution is -2.50. The van der Waals surface area contributed by atoms with Gasteiger partial charge in [-0.05, 0) is 25.0 Å². The molecule has 6 nitrogen and oxygen atoms in total. The molecule has 0 spiro atoms. The highest BCUT2D eigenvalue weighted by molar-refractivity contribution is 5.94. The zero-order valence-corrected chi connectivity index (χ0v) is 13.1. The molecule has 0 aromatic carbocycles. The van der Waals surface area contributed by atoms with E-state index in [0.717, 1.165) is 45.1 Å². The average Bonchev–Trinajstić information content (AvgIpc) is 3.08. The van der Waals surface area contributed by atoms with Gasteiger partial charge in [-0.3, -0.25) is 9.69 Å². The Morgan fingerprint density at radius 1 is 1.41 bits per heavy atom. The van der Waals surface area contributed by atoms with E-state index < -0.39 is 0 Å². The van der Waals surface area contributed by atoms with Crippen molar-refractivity contribution in [1.29, 1.82) is 0 Å². The van der Waals surface area contributed by atoms with Gasteiger partial charge in [0.25, 0.3) is 5.91 Å². The highest BCUT2D eigenvalue weighted by Gasteiger charge is 2.25. The Labute approximate surface area is 131 Å². The van der Waals surface area contributed by atoms with Gasteiger partial charge in [0.05, 0.1) is 6.10 Å². The van der Waals surface area contributed by atoms with Crippen molar-refractivity contribution < 1.29 is 9.53 Å². The molecule has 6 heteroatoms. The fourth-order valence-electron chi connectivity index (χ4n) is 3.09.